The van der Waals surface area contributed by atoms with Gasteiger partial charge in [0.2, 0.25) is 5.91 Å². The lowest BCUT2D eigenvalue weighted by Crippen LogP contribution is -2.40. The maximum absolute atomic E-state index is 11.5. The van der Waals surface area contributed by atoms with Crippen LogP contribution in [0.1, 0.15) is 38.5 Å². The van der Waals surface area contributed by atoms with Gasteiger partial charge in [0.1, 0.15) is 0 Å². The molecule has 0 aromatic rings. The van der Waals surface area contributed by atoms with Gasteiger partial charge in [-0.1, -0.05) is 12.8 Å². The van der Waals surface area contributed by atoms with Gasteiger partial charge in [0.25, 0.3) is 0 Å². The first-order valence-electron chi connectivity index (χ1n) is 6.35. The number of nitrogens with one attached hydrogen (secondary N) is 2. The van der Waals surface area contributed by atoms with Gasteiger partial charge in [-0.25, -0.2) is 0 Å². The van der Waals surface area contributed by atoms with E-state index in [9.17, 15) is 4.79 Å². The molecule has 2 fully saturated rings. The second-order valence-corrected chi connectivity index (χ2v) is 5.30. The van der Waals surface area contributed by atoms with Crippen molar-refractivity contribution < 1.29 is 9.90 Å². The molecule has 0 bridgehead atoms. The molecule has 0 aliphatic heterocycles. The number of aliphatic hydroxyl groups is 1. The van der Waals surface area contributed by atoms with Gasteiger partial charge in [-0.15, -0.1) is 0 Å². The maximum Gasteiger partial charge on any atom is 0.233 e. The number of carbonyl (C=O) groups excluding carboxylic acids is 1. The summed E-state index contributed by atoms with van der Waals surface area (Å²) < 4.78 is 0. The fraction of sp³-hybridized carbons (Fsp3) is 0.917. The lowest BCUT2D eigenvalue weighted by atomic mass is 10.1. The van der Waals surface area contributed by atoms with E-state index in [4.69, 9.17) is 5.11 Å². The summed E-state index contributed by atoms with van der Waals surface area (Å²) in [5.74, 6) is 0.0617. The average Bonchev–Trinajstić information content (AvgIpc) is 2.90. The molecule has 16 heavy (non-hydrogen) atoms. The first-order valence-corrected chi connectivity index (χ1v) is 6.35. The predicted molar refractivity (Wildman–Crippen MR) is 62.0 cm³/mol. The van der Waals surface area contributed by atoms with Crippen molar-refractivity contribution in [2.75, 3.05) is 19.7 Å². The minimum absolute atomic E-state index is 0.0169. The van der Waals surface area contributed by atoms with Crippen LogP contribution in [-0.2, 0) is 4.79 Å². The molecule has 4 nitrogen and oxygen atoms in total. The van der Waals surface area contributed by atoms with Crippen LogP contribution >= 0.6 is 0 Å². The summed E-state index contributed by atoms with van der Waals surface area (Å²) in [6.07, 6.45) is 7.06. The minimum Gasteiger partial charge on any atom is -0.396 e. The van der Waals surface area contributed by atoms with Crippen LogP contribution in [0.25, 0.3) is 0 Å². The van der Waals surface area contributed by atoms with Gasteiger partial charge < -0.3 is 15.7 Å². The first kappa shape index (κ1) is 11.9. The summed E-state index contributed by atoms with van der Waals surface area (Å²) >= 11 is 0. The summed E-state index contributed by atoms with van der Waals surface area (Å²) in [6.45, 7) is 1.25. The van der Waals surface area contributed by atoms with E-state index in [1.54, 1.807) is 0 Å². The topological polar surface area (TPSA) is 61.4 Å². The highest BCUT2D eigenvalue weighted by molar-refractivity contribution is 5.78. The highest BCUT2D eigenvalue weighted by Crippen LogP contribution is 2.44. The van der Waals surface area contributed by atoms with Crippen molar-refractivity contribution in [1.29, 1.82) is 0 Å². The molecule has 2 saturated carbocycles. The molecule has 92 valence electrons. The molecular weight excluding hydrogens is 204 g/mol. The van der Waals surface area contributed by atoms with Crippen molar-refractivity contribution in [2.45, 2.75) is 44.6 Å². The van der Waals surface area contributed by atoms with Crippen LogP contribution < -0.4 is 10.6 Å². The van der Waals surface area contributed by atoms with Crippen molar-refractivity contribution in [3.05, 3.63) is 0 Å². The second kappa shape index (κ2) is 5.15. The molecular formula is C12H22N2O2. The molecule has 0 saturated heterocycles. The Kier molecular flexibility index (Phi) is 3.82. The fourth-order valence-electron chi connectivity index (χ4n) is 2.28. The van der Waals surface area contributed by atoms with Crippen LogP contribution in [0.15, 0.2) is 0 Å². The minimum atomic E-state index is 0.0169. The lowest BCUT2D eigenvalue weighted by molar-refractivity contribution is -0.120. The number of hydrogen-bond acceptors (Lipinski definition) is 3. The van der Waals surface area contributed by atoms with Gasteiger partial charge in [-0.2, -0.15) is 0 Å². The Bertz CT molecular complexity index is 245. The van der Waals surface area contributed by atoms with Crippen molar-refractivity contribution in [1.82, 2.24) is 10.6 Å². The van der Waals surface area contributed by atoms with E-state index in [-0.39, 0.29) is 17.9 Å². The third kappa shape index (κ3) is 3.19. The summed E-state index contributed by atoms with van der Waals surface area (Å²) in [7, 11) is 0. The predicted octanol–water partition coefficient (Wildman–Crippen LogP) is 0.407. The molecule has 1 amide bonds. The van der Waals surface area contributed by atoms with Crippen LogP contribution in [0.5, 0.6) is 0 Å². The largest absolute Gasteiger partial charge is 0.396 e. The Morgan fingerprint density at radius 1 is 1.31 bits per heavy atom. The molecule has 0 aromatic heterocycles. The maximum atomic E-state index is 11.5. The first-order chi connectivity index (χ1) is 7.74. The Hall–Kier alpha value is -0.610. The van der Waals surface area contributed by atoms with E-state index < -0.39 is 0 Å². The van der Waals surface area contributed by atoms with Gasteiger partial charge in [0, 0.05) is 18.0 Å². The standard InChI is InChI=1S/C12H22N2O2/c15-9-12(5-6-12)8-14-11(16)7-13-10-3-1-2-4-10/h10,13,15H,1-9H2,(H,14,16). The van der Waals surface area contributed by atoms with E-state index in [0.717, 1.165) is 12.8 Å². The van der Waals surface area contributed by atoms with Crippen molar-refractivity contribution in [2.24, 2.45) is 5.41 Å². The van der Waals surface area contributed by atoms with Crippen LogP contribution in [-0.4, -0.2) is 36.8 Å². The van der Waals surface area contributed by atoms with Gasteiger partial charge in [-0.3, -0.25) is 4.79 Å². The third-order valence-corrected chi connectivity index (χ3v) is 3.86. The van der Waals surface area contributed by atoms with Crippen LogP contribution in [0.4, 0.5) is 0 Å². The molecule has 0 spiro atoms. The number of carbonyl (C=O) groups is 1. The van der Waals surface area contributed by atoms with Crippen molar-refractivity contribution in [3.63, 3.8) is 0 Å². The van der Waals surface area contributed by atoms with E-state index >= 15 is 0 Å². The summed E-state index contributed by atoms with van der Waals surface area (Å²) in [6, 6.07) is 0.540. The number of amides is 1. The van der Waals surface area contributed by atoms with E-state index in [1.165, 1.54) is 25.7 Å². The van der Waals surface area contributed by atoms with Crippen molar-refractivity contribution >= 4 is 5.91 Å². The molecule has 3 N–H and O–H groups in total. The molecule has 0 radical (unpaired) electrons. The highest BCUT2D eigenvalue weighted by Gasteiger charge is 2.41. The highest BCUT2D eigenvalue weighted by atomic mass is 16.3. The summed E-state index contributed by atoms with van der Waals surface area (Å²) in [4.78, 5) is 11.5. The zero-order valence-corrected chi connectivity index (χ0v) is 9.80. The normalized spacial score (nSPS) is 23.3. The quantitative estimate of drug-likeness (QED) is 0.614. The van der Waals surface area contributed by atoms with Gasteiger partial charge in [0.05, 0.1) is 13.2 Å². The summed E-state index contributed by atoms with van der Waals surface area (Å²) in [5.41, 5.74) is 0.0169. The molecule has 2 aliphatic carbocycles. The van der Waals surface area contributed by atoms with E-state index in [2.05, 4.69) is 10.6 Å². The SMILES string of the molecule is O=C(CNC1CCCC1)NCC1(CO)CC1. The van der Waals surface area contributed by atoms with Crippen LogP contribution in [0.2, 0.25) is 0 Å². The number of aliphatic hydroxyl groups excluding tert-OH is 1. The Morgan fingerprint density at radius 2 is 2.00 bits per heavy atom. The fourth-order valence-corrected chi connectivity index (χ4v) is 2.28. The Morgan fingerprint density at radius 3 is 2.56 bits per heavy atom. The molecule has 2 aliphatic rings. The van der Waals surface area contributed by atoms with Crippen molar-refractivity contribution in [3.8, 4) is 0 Å². The lowest BCUT2D eigenvalue weighted by Gasteiger charge is -2.15. The molecule has 0 atom stereocenters. The molecule has 4 heteroatoms. The second-order valence-electron chi connectivity index (χ2n) is 5.30. The Labute approximate surface area is 96.8 Å². The average molecular weight is 226 g/mol. The number of hydrogen-bond donors (Lipinski definition) is 3. The van der Waals surface area contributed by atoms with E-state index in [1.807, 2.05) is 0 Å². The van der Waals surface area contributed by atoms with E-state index in [0.29, 0.717) is 19.1 Å². The van der Waals surface area contributed by atoms with Crippen LogP contribution in [0.3, 0.4) is 0 Å². The molecule has 0 aromatic carbocycles. The number of rotatable bonds is 6. The monoisotopic (exact) mass is 226 g/mol. The van der Waals surface area contributed by atoms with Crippen LogP contribution in [0, 0.1) is 5.41 Å². The molecule has 0 unspecified atom stereocenters. The zero-order chi connectivity index (χ0) is 11.4. The molecule has 0 heterocycles. The third-order valence-electron chi connectivity index (χ3n) is 3.86. The smallest absolute Gasteiger partial charge is 0.233 e. The summed E-state index contributed by atoms with van der Waals surface area (Å²) in [5, 5.41) is 15.3. The van der Waals surface area contributed by atoms with Gasteiger partial charge in [-0.05, 0) is 25.7 Å². The van der Waals surface area contributed by atoms with Gasteiger partial charge in [0.15, 0.2) is 0 Å². The zero-order valence-electron chi connectivity index (χ0n) is 9.80. The van der Waals surface area contributed by atoms with Gasteiger partial charge >= 0.3 is 0 Å². The Balaban J connectivity index is 1.57. The molecule has 2 rings (SSSR count).